The van der Waals surface area contributed by atoms with Gasteiger partial charge in [0.1, 0.15) is 17.7 Å². The Balaban J connectivity index is 1.81. The third-order valence-corrected chi connectivity index (χ3v) is 4.59. The average Bonchev–Trinajstić information content (AvgIpc) is 2.91. The van der Waals surface area contributed by atoms with Crippen molar-refractivity contribution in [3.8, 4) is 5.75 Å². The summed E-state index contributed by atoms with van der Waals surface area (Å²) in [5.74, 6) is -4.30. The van der Waals surface area contributed by atoms with E-state index in [1.165, 1.54) is 25.3 Å². The molecule has 1 aromatic heterocycles. The van der Waals surface area contributed by atoms with Gasteiger partial charge in [0, 0.05) is 11.8 Å². The molecule has 29 heavy (non-hydrogen) atoms. The van der Waals surface area contributed by atoms with Crippen LogP contribution >= 0.6 is 11.6 Å². The summed E-state index contributed by atoms with van der Waals surface area (Å²) >= 11 is 5.96. The second kappa shape index (κ2) is 8.03. The molecule has 1 aromatic carbocycles. The van der Waals surface area contributed by atoms with Gasteiger partial charge in [0.15, 0.2) is 6.10 Å². The third-order valence-electron chi connectivity index (χ3n) is 4.30. The molecule has 1 fully saturated rings. The number of amides is 1. The van der Waals surface area contributed by atoms with Crippen LogP contribution in [0.15, 0.2) is 35.3 Å². The predicted molar refractivity (Wildman–Crippen MR) is 96.4 cm³/mol. The van der Waals surface area contributed by atoms with E-state index in [9.17, 15) is 23.5 Å². The van der Waals surface area contributed by atoms with Crippen molar-refractivity contribution in [1.29, 1.82) is 0 Å². The highest BCUT2D eigenvalue weighted by Crippen LogP contribution is 2.42. The van der Waals surface area contributed by atoms with Crippen molar-refractivity contribution in [3.05, 3.63) is 51.5 Å². The van der Waals surface area contributed by atoms with Gasteiger partial charge in [-0.2, -0.15) is 13.8 Å². The van der Waals surface area contributed by atoms with Crippen LogP contribution < -0.4 is 15.7 Å². The van der Waals surface area contributed by atoms with E-state index in [0.29, 0.717) is 10.3 Å². The third kappa shape index (κ3) is 3.94. The van der Waals surface area contributed by atoms with E-state index < -0.39 is 42.6 Å². The molecule has 2 heterocycles. The van der Waals surface area contributed by atoms with Gasteiger partial charge in [-0.05, 0) is 24.3 Å². The molecular formula is C17H16ClF2N3O6. The smallest absolute Gasteiger partial charge is 0.351 e. The monoisotopic (exact) mass is 431 g/mol. The molecule has 0 radical (unpaired) electrons. The predicted octanol–water partition coefficient (Wildman–Crippen LogP) is 1.04. The van der Waals surface area contributed by atoms with Crippen LogP contribution in [0.5, 0.6) is 5.75 Å². The second-order valence-electron chi connectivity index (χ2n) is 6.13. The number of aromatic nitrogens is 2. The maximum absolute atomic E-state index is 14.2. The van der Waals surface area contributed by atoms with E-state index in [0.717, 1.165) is 12.3 Å². The van der Waals surface area contributed by atoms with Crippen molar-refractivity contribution in [2.45, 2.75) is 24.4 Å². The average molecular weight is 432 g/mol. The molecule has 2 aromatic rings. The molecule has 1 unspecified atom stereocenters. The van der Waals surface area contributed by atoms with Gasteiger partial charge < -0.3 is 25.0 Å². The fraction of sp³-hybridized carbons (Fsp3) is 0.353. The Morgan fingerprint density at radius 2 is 2.17 bits per heavy atom. The molecule has 12 heteroatoms. The van der Waals surface area contributed by atoms with E-state index in [4.69, 9.17) is 26.2 Å². The number of nitrogens with zero attached hydrogens (tertiary/aromatic N) is 2. The lowest BCUT2D eigenvalue weighted by Gasteiger charge is -2.21. The number of nitrogens with one attached hydrogen (secondary N) is 1. The highest BCUT2D eigenvalue weighted by Gasteiger charge is 2.59. The molecule has 1 amide bonds. The van der Waals surface area contributed by atoms with Crippen LogP contribution in [0, 0.1) is 0 Å². The van der Waals surface area contributed by atoms with Crippen molar-refractivity contribution in [1.82, 2.24) is 9.55 Å². The Morgan fingerprint density at radius 1 is 1.45 bits per heavy atom. The number of aliphatic hydroxyl groups is 2. The molecule has 3 atom stereocenters. The Hall–Kier alpha value is -2.60. The summed E-state index contributed by atoms with van der Waals surface area (Å²) < 4.78 is 38.7. The Kier molecular flexibility index (Phi) is 5.85. The zero-order valence-electron chi connectivity index (χ0n) is 14.9. The van der Waals surface area contributed by atoms with Crippen molar-refractivity contribution < 1.29 is 33.3 Å². The van der Waals surface area contributed by atoms with Gasteiger partial charge in [0.05, 0.1) is 18.7 Å². The first-order valence-corrected chi connectivity index (χ1v) is 8.63. The molecule has 0 bridgehead atoms. The lowest BCUT2D eigenvalue weighted by atomic mass is 10.1. The minimum Gasteiger partial charge on any atom is -0.495 e. The molecule has 3 rings (SSSR count). The van der Waals surface area contributed by atoms with Crippen molar-refractivity contribution in [2.24, 2.45) is 0 Å². The van der Waals surface area contributed by atoms with E-state index in [1.54, 1.807) is 0 Å². The summed E-state index contributed by atoms with van der Waals surface area (Å²) in [7, 11) is 1.42. The topological polar surface area (TPSA) is 123 Å². The van der Waals surface area contributed by atoms with Gasteiger partial charge >= 0.3 is 11.6 Å². The van der Waals surface area contributed by atoms with Gasteiger partial charge in [0.2, 0.25) is 6.23 Å². The number of aliphatic hydroxyl groups excluding tert-OH is 2. The fourth-order valence-electron chi connectivity index (χ4n) is 2.78. The van der Waals surface area contributed by atoms with Gasteiger partial charge in [-0.25, -0.2) is 4.79 Å². The molecule has 9 nitrogen and oxygen atoms in total. The number of benzene rings is 1. The minimum atomic E-state index is -3.83. The van der Waals surface area contributed by atoms with E-state index in [-0.39, 0.29) is 16.4 Å². The molecule has 1 saturated heterocycles. The van der Waals surface area contributed by atoms with Crippen LogP contribution in [-0.2, 0) is 4.74 Å². The lowest BCUT2D eigenvalue weighted by Crippen LogP contribution is -2.41. The number of carbonyl (C=O) groups excluding carboxylic acids is 1. The Labute approximate surface area is 167 Å². The highest BCUT2D eigenvalue weighted by atomic mass is 35.5. The van der Waals surface area contributed by atoms with Gasteiger partial charge in [0.25, 0.3) is 5.91 Å². The van der Waals surface area contributed by atoms with Crippen LogP contribution in [0.3, 0.4) is 0 Å². The van der Waals surface area contributed by atoms with Crippen LogP contribution in [0.2, 0.25) is 5.02 Å². The molecule has 1 aliphatic heterocycles. The van der Waals surface area contributed by atoms with Crippen LogP contribution in [-0.4, -0.2) is 57.5 Å². The van der Waals surface area contributed by atoms with E-state index in [2.05, 4.69) is 10.3 Å². The van der Waals surface area contributed by atoms with Gasteiger partial charge in [-0.15, -0.1) is 0 Å². The summed E-state index contributed by atoms with van der Waals surface area (Å²) in [4.78, 5) is 28.0. The number of alkyl halides is 2. The van der Waals surface area contributed by atoms with E-state index in [1.807, 2.05) is 0 Å². The zero-order valence-corrected chi connectivity index (χ0v) is 15.6. The summed E-state index contributed by atoms with van der Waals surface area (Å²) in [5.41, 5.74) is -0.993. The SMILES string of the molecule is COc1ccc(C(=O)Nc2ccn(C3O[C@H](CO)[C@@H](O)C3(F)F)c(=O)n2)cc1Cl. The van der Waals surface area contributed by atoms with Crippen molar-refractivity contribution in [2.75, 3.05) is 19.0 Å². The summed E-state index contributed by atoms with van der Waals surface area (Å²) in [5, 5.41) is 21.1. The normalized spacial score (nSPS) is 23.0. The summed E-state index contributed by atoms with van der Waals surface area (Å²) in [6.45, 7) is -0.853. The Bertz CT molecular complexity index is 986. The number of ether oxygens (including phenoxy) is 2. The maximum atomic E-state index is 14.2. The largest absolute Gasteiger partial charge is 0.495 e. The second-order valence-corrected chi connectivity index (χ2v) is 6.54. The molecular weight excluding hydrogens is 416 g/mol. The highest BCUT2D eigenvalue weighted by molar-refractivity contribution is 6.32. The van der Waals surface area contributed by atoms with Crippen LogP contribution in [0.1, 0.15) is 16.6 Å². The maximum Gasteiger partial charge on any atom is 0.351 e. The van der Waals surface area contributed by atoms with Gasteiger partial charge in [-0.3, -0.25) is 9.36 Å². The molecule has 0 spiro atoms. The first-order valence-electron chi connectivity index (χ1n) is 8.25. The lowest BCUT2D eigenvalue weighted by molar-refractivity contribution is -0.140. The van der Waals surface area contributed by atoms with E-state index >= 15 is 0 Å². The fourth-order valence-corrected chi connectivity index (χ4v) is 3.03. The first-order chi connectivity index (χ1) is 13.7. The number of hydrogen-bond acceptors (Lipinski definition) is 7. The number of carbonyl (C=O) groups is 1. The molecule has 0 aliphatic carbocycles. The molecule has 3 N–H and O–H groups in total. The standard InChI is InChI=1S/C17H16ClF2N3O6/c1-28-10-3-2-8(6-9(10)18)14(26)21-12-4-5-23(16(27)22-12)15-17(19,20)13(25)11(7-24)29-15/h2-6,11,13,15,24-25H,7H2,1H3,(H,21,22,26,27)/t11-,13-,15?/m1/s1. The minimum absolute atomic E-state index is 0.154. The molecule has 0 saturated carbocycles. The van der Waals surface area contributed by atoms with Gasteiger partial charge in [-0.1, -0.05) is 11.6 Å². The van der Waals surface area contributed by atoms with Crippen molar-refractivity contribution >= 4 is 23.3 Å². The number of hydrogen-bond donors (Lipinski definition) is 3. The zero-order chi connectivity index (χ0) is 21.3. The van der Waals surface area contributed by atoms with Crippen LogP contribution in [0.25, 0.3) is 0 Å². The quantitative estimate of drug-likeness (QED) is 0.646. The number of rotatable bonds is 5. The number of halogens is 3. The molecule has 1 aliphatic rings. The Morgan fingerprint density at radius 3 is 2.72 bits per heavy atom. The van der Waals surface area contributed by atoms with Crippen molar-refractivity contribution in [3.63, 3.8) is 0 Å². The first kappa shape index (κ1) is 21.1. The summed E-state index contributed by atoms with van der Waals surface area (Å²) in [6.07, 6.45) is -5.05. The van der Waals surface area contributed by atoms with Crippen LogP contribution in [0.4, 0.5) is 14.6 Å². The summed E-state index contributed by atoms with van der Waals surface area (Å²) in [6, 6.07) is 5.37. The molecule has 156 valence electrons. The number of methoxy groups -OCH3 is 1. The number of anilines is 1.